The molecule has 0 saturated heterocycles. The topological polar surface area (TPSA) is 25.8 Å². The van der Waals surface area contributed by atoms with Crippen LogP contribution in [0.5, 0.6) is 0 Å². The summed E-state index contributed by atoms with van der Waals surface area (Å²) >= 11 is 0. The molecule has 5 rings (SSSR count). The van der Waals surface area contributed by atoms with Gasteiger partial charge in [-0.15, -0.1) is 71.3 Å². The summed E-state index contributed by atoms with van der Waals surface area (Å²) < 4.78 is 17.0. The fourth-order valence-electron chi connectivity index (χ4n) is 3.02. The molecule has 0 fully saturated rings. The van der Waals surface area contributed by atoms with E-state index in [0.29, 0.717) is 16.7 Å². The van der Waals surface area contributed by atoms with Gasteiger partial charge in [-0.05, 0) is 29.9 Å². The summed E-state index contributed by atoms with van der Waals surface area (Å²) in [6.45, 7) is 0. The van der Waals surface area contributed by atoms with Crippen LogP contribution in [-0.2, 0) is 26.5 Å². The number of rotatable bonds is 4. The van der Waals surface area contributed by atoms with Gasteiger partial charge in [0.1, 0.15) is 0 Å². The Bertz CT molecular complexity index is 1230. The van der Waals surface area contributed by atoms with Crippen LogP contribution in [0.1, 0.15) is 13.9 Å². The molecule has 159 valence electrons. The maximum atomic E-state index is 8.52. The standard InChI is InChI=1S/C18H14N.C11H8N.Ir/c1-2-8-15(9-3-1)14-16-10-4-5-11-17(16)18-12-6-7-13-19-18;1-2-6-10(7-3-1)11-8-4-5-9-12-11;/h1-10,12-13H,14H2;1-6,8-9H;/q2*-1;/i14D2;;. The molecule has 3 heteroatoms. The zero-order valence-electron chi connectivity index (χ0n) is 19.3. The largest absolute Gasteiger partial charge is 0.305 e. The molecular weight excluding hydrogens is 569 g/mol. The molecule has 0 saturated carbocycles. The van der Waals surface area contributed by atoms with Gasteiger partial charge in [0, 0.05) is 35.2 Å². The Morgan fingerprint density at radius 3 is 1.94 bits per heavy atom. The minimum Gasteiger partial charge on any atom is -0.305 e. The van der Waals surface area contributed by atoms with Gasteiger partial charge in [0.15, 0.2) is 0 Å². The molecule has 2 aromatic heterocycles. The SMILES string of the molecule is [2H]C([2H])(c1ccccc1)c1ccc[c-]c1-c1ccccn1.[Ir].[c-]1ccccc1-c1ccccn1. The molecule has 5 aromatic rings. The maximum absolute atomic E-state index is 8.52. The molecule has 0 aliphatic rings. The van der Waals surface area contributed by atoms with Crippen molar-refractivity contribution in [2.75, 3.05) is 0 Å². The van der Waals surface area contributed by atoms with Crippen molar-refractivity contribution in [2.45, 2.75) is 6.37 Å². The van der Waals surface area contributed by atoms with Gasteiger partial charge >= 0.3 is 0 Å². The van der Waals surface area contributed by atoms with Crippen LogP contribution in [-0.4, -0.2) is 9.97 Å². The number of nitrogens with zero attached hydrogens (tertiary/aromatic N) is 2. The Labute approximate surface area is 206 Å². The molecule has 0 aliphatic heterocycles. The van der Waals surface area contributed by atoms with Crippen LogP contribution < -0.4 is 0 Å². The van der Waals surface area contributed by atoms with Crippen LogP contribution in [0.3, 0.4) is 0 Å². The summed E-state index contributed by atoms with van der Waals surface area (Å²) in [4.78, 5) is 8.54. The molecule has 1 radical (unpaired) electrons. The second-order valence-corrected chi connectivity index (χ2v) is 6.66. The first-order valence-electron chi connectivity index (χ1n) is 11.0. The summed E-state index contributed by atoms with van der Waals surface area (Å²) in [6.07, 6.45) is 1.90. The van der Waals surface area contributed by atoms with E-state index in [4.69, 9.17) is 2.74 Å². The number of hydrogen-bond donors (Lipinski definition) is 0. The van der Waals surface area contributed by atoms with Gasteiger partial charge in [-0.1, -0.05) is 60.2 Å². The number of aromatic nitrogens is 2. The van der Waals surface area contributed by atoms with E-state index in [2.05, 4.69) is 22.1 Å². The third kappa shape index (κ3) is 6.55. The van der Waals surface area contributed by atoms with Gasteiger partial charge in [0.2, 0.25) is 0 Å². The van der Waals surface area contributed by atoms with E-state index in [9.17, 15) is 0 Å². The number of pyridine rings is 2. The Hall–Kier alpha value is -3.39. The minimum absolute atomic E-state index is 0. The quantitative estimate of drug-likeness (QED) is 0.218. The first-order chi connectivity index (χ1) is 16.2. The van der Waals surface area contributed by atoms with Crippen LogP contribution in [0.2, 0.25) is 0 Å². The van der Waals surface area contributed by atoms with E-state index in [1.807, 2.05) is 84.9 Å². The van der Waals surface area contributed by atoms with Gasteiger partial charge in [0.25, 0.3) is 0 Å². The van der Waals surface area contributed by atoms with Gasteiger partial charge in [-0.3, -0.25) is 0 Å². The van der Waals surface area contributed by atoms with Gasteiger partial charge < -0.3 is 9.97 Å². The summed E-state index contributed by atoms with van der Waals surface area (Å²) in [6, 6.07) is 40.1. The van der Waals surface area contributed by atoms with Crippen LogP contribution in [0.15, 0.2) is 122 Å². The third-order valence-electron chi connectivity index (χ3n) is 4.48. The molecule has 0 N–H and O–H groups in total. The summed E-state index contributed by atoms with van der Waals surface area (Å²) in [5.74, 6) is 0. The zero-order chi connectivity index (χ0) is 22.9. The number of hydrogen-bond acceptors (Lipinski definition) is 2. The Morgan fingerprint density at radius 2 is 1.28 bits per heavy atom. The molecule has 3 aromatic carbocycles. The number of benzene rings is 3. The predicted molar refractivity (Wildman–Crippen MR) is 126 cm³/mol. The minimum atomic E-state index is -1.59. The van der Waals surface area contributed by atoms with Crippen LogP contribution in [0.25, 0.3) is 22.5 Å². The third-order valence-corrected chi connectivity index (χ3v) is 4.48. The van der Waals surface area contributed by atoms with Crippen LogP contribution >= 0.6 is 0 Å². The molecule has 0 bridgehead atoms. The molecule has 0 atom stereocenters. The smallest absolute Gasteiger partial charge is 0.0263 e. The van der Waals surface area contributed by atoms with Gasteiger partial charge in [0.05, 0.1) is 0 Å². The second kappa shape index (κ2) is 12.5. The maximum Gasteiger partial charge on any atom is 0.0263 e. The molecule has 32 heavy (non-hydrogen) atoms. The van der Waals surface area contributed by atoms with Crippen molar-refractivity contribution >= 4 is 0 Å². The van der Waals surface area contributed by atoms with Crippen LogP contribution in [0.4, 0.5) is 0 Å². The summed E-state index contributed by atoms with van der Waals surface area (Å²) in [5, 5.41) is 0. The zero-order valence-corrected chi connectivity index (χ0v) is 19.7. The molecular formula is C29H22IrN2-2. The normalized spacial score (nSPS) is 11.1. The molecule has 0 amide bonds. The van der Waals surface area contributed by atoms with Gasteiger partial charge in [-0.25, -0.2) is 0 Å². The first kappa shape index (κ1) is 20.5. The Kier molecular flexibility index (Phi) is 7.99. The van der Waals surface area contributed by atoms with E-state index < -0.39 is 6.37 Å². The van der Waals surface area contributed by atoms with E-state index in [1.54, 1.807) is 36.7 Å². The van der Waals surface area contributed by atoms with Crippen molar-refractivity contribution in [3.8, 4) is 22.5 Å². The predicted octanol–water partition coefficient (Wildman–Crippen LogP) is 6.69. The average Bonchev–Trinajstić information content (AvgIpc) is 2.91. The molecule has 0 unspecified atom stereocenters. The second-order valence-electron chi connectivity index (χ2n) is 6.66. The molecule has 2 heterocycles. The molecule has 0 aliphatic carbocycles. The van der Waals surface area contributed by atoms with Crippen LogP contribution in [0, 0.1) is 12.1 Å². The van der Waals surface area contributed by atoms with E-state index in [-0.39, 0.29) is 20.1 Å². The van der Waals surface area contributed by atoms with Crippen molar-refractivity contribution in [3.05, 3.63) is 145 Å². The molecule has 0 spiro atoms. The summed E-state index contributed by atoms with van der Waals surface area (Å²) in [5.41, 5.74) is 4.65. The average molecular weight is 593 g/mol. The van der Waals surface area contributed by atoms with Gasteiger partial charge in [-0.2, -0.15) is 0 Å². The van der Waals surface area contributed by atoms with Crippen molar-refractivity contribution < 1.29 is 22.8 Å². The monoisotopic (exact) mass is 593 g/mol. The van der Waals surface area contributed by atoms with Crippen molar-refractivity contribution in [1.82, 2.24) is 9.97 Å². The fraction of sp³-hybridized carbons (Fsp3) is 0.0345. The van der Waals surface area contributed by atoms with Crippen molar-refractivity contribution in [1.29, 1.82) is 0 Å². The van der Waals surface area contributed by atoms with Crippen molar-refractivity contribution in [2.24, 2.45) is 0 Å². The van der Waals surface area contributed by atoms with Crippen molar-refractivity contribution in [3.63, 3.8) is 0 Å². The fourth-order valence-corrected chi connectivity index (χ4v) is 3.02. The Balaban J connectivity index is 0.000000212. The Morgan fingerprint density at radius 1 is 0.625 bits per heavy atom. The van der Waals surface area contributed by atoms with E-state index in [0.717, 1.165) is 17.0 Å². The van der Waals surface area contributed by atoms with E-state index in [1.165, 1.54) is 0 Å². The summed E-state index contributed by atoms with van der Waals surface area (Å²) in [7, 11) is 0. The molecule has 2 nitrogen and oxygen atoms in total. The first-order valence-corrected chi connectivity index (χ1v) is 10.0. The van der Waals surface area contributed by atoms with E-state index >= 15 is 0 Å².